The number of halogens is 2. The highest BCUT2D eigenvalue weighted by Gasteiger charge is 2.23. The van der Waals surface area contributed by atoms with Gasteiger partial charge in [0, 0.05) is 21.9 Å². The number of Topliss-reactive ketones (excluding diaryl/α,β-unsaturated/α-hetero) is 1. The lowest BCUT2D eigenvalue weighted by atomic mass is 10.0. The Morgan fingerprint density at radius 1 is 1.31 bits per heavy atom. The summed E-state index contributed by atoms with van der Waals surface area (Å²) in [6.45, 7) is 3.44. The van der Waals surface area contributed by atoms with Crippen molar-refractivity contribution in [2.45, 2.75) is 20.3 Å². The van der Waals surface area contributed by atoms with Crippen molar-refractivity contribution >= 4 is 52.4 Å². The Bertz CT molecular complexity index is 1110. The Hall–Kier alpha value is -2.84. The average molecular weight is 449 g/mol. The molecule has 0 saturated heterocycles. The van der Waals surface area contributed by atoms with E-state index in [0.717, 1.165) is 11.3 Å². The molecule has 0 fully saturated rings. The number of hydrogen-bond donors (Lipinski definition) is 1. The molecule has 2 aromatic rings. The molecule has 29 heavy (non-hydrogen) atoms. The van der Waals surface area contributed by atoms with Crippen molar-refractivity contribution < 1.29 is 19.4 Å². The molecular weight excluding hydrogens is 435 g/mol. The van der Waals surface area contributed by atoms with E-state index in [2.05, 4.69) is 0 Å². The number of ketones is 1. The van der Waals surface area contributed by atoms with Crippen molar-refractivity contribution in [3.05, 3.63) is 54.2 Å². The number of aromatic hydroxyl groups is 1. The van der Waals surface area contributed by atoms with E-state index < -0.39 is 11.8 Å². The Morgan fingerprint density at radius 2 is 2.00 bits per heavy atom. The van der Waals surface area contributed by atoms with Gasteiger partial charge in [0.05, 0.1) is 22.8 Å². The van der Waals surface area contributed by atoms with Crippen molar-refractivity contribution in [3.63, 3.8) is 0 Å². The molecule has 0 aliphatic rings. The third kappa shape index (κ3) is 4.96. The lowest BCUT2D eigenvalue weighted by Crippen LogP contribution is -2.05. The number of phenols is 1. The Kier molecular flexibility index (Phi) is 7.41. The van der Waals surface area contributed by atoms with Crippen LogP contribution in [0.4, 0.5) is 0 Å². The van der Waals surface area contributed by atoms with Crippen LogP contribution in [0.25, 0.3) is 6.08 Å². The molecule has 0 atom stereocenters. The topological polar surface area (TPSA) is 111 Å². The summed E-state index contributed by atoms with van der Waals surface area (Å²) in [4.78, 5) is 25.3. The zero-order valence-corrected chi connectivity index (χ0v) is 17.7. The standard InChI is InChI=1S/C20H14Cl2N2O4S/c1-3-28-20(27)19-10(2)14(9-24)17(29-19)7-16(25)12(8-23)4-11-5-13(21)6-15(22)18(11)26/h4-6,26H,3,7H2,1-2H3/b12-4+. The normalized spacial score (nSPS) is 10.9. The van der Waals surface area contributed by atoms with Gasteiger partial charge in [0.1, 0.15) is 22.8 Å². The van der Waals surface area contributed by atoms with E-state index in [1.165, 1.54) is 18.2 Å². The molecule has 1 N–H and O–H groups in total. The van der Waals surface area contributed by atoms with Gasteiger partial charge < -0.3 is 9.84 Å². The summed E-state index contributed by atoms with van der Waals surface area (Å²) in [7, 11) is 0. The molecule has 1 aromatic carbocycles. The fraction of sp³-hybridized carbons (Fsp3) is 0.200. The molecular formula is C20H14Cl2N2O4S. The largest absolute Gasteiger partial charge is 0.506 e. The summed E-state index contributed by atoms with van der Waals surface area (Å²) in [5.41, 5.74) is 0.492. The number of phenolic OH excluding ortho intramolecular Hbond substituents is 1. The maximum atomic E-state index is 12.7. The molecule has 0 bridgehead atoms. The molecule has 0 radical (unpaired) electrons. The van der Waals surface area contributed by atoms with Crippen LogP contribution in [0.15, 0.2) is 17.7 Å². The highest BCUT2D eigenvalue weighted by Crippen LogP contribution is 2.33. The van der Waals surface area contributed by atoms with Crippen LogP contribution >= 0.6 is 34.5 Å². The van der Waals surface area contributed by atoms with Crippen LogP contribution < -0.4 is 0 Å². The van der Waals surface area contributed by atoms with Crippen LogP contribution in [0.1, 0.15) is 38.2 Å². The first-order valence-corrected chi connectivity index (χ1v) is 9.83. The predicted octanol–water partition coefficient (Wildman–Crippen LogP) is 4.84. The second-order valence-electron chi connectivity index (χ2n) is 5.78. The summed E-state index contributed by atoms with van der Waals surface area (Å²) < 4.78 is 4.97. The third-order valence-corrected chi connectivity index (χ3v) is 5.67. The van der Waals surface area contributed by atoms with Crippen molar-refractivity contribution in [3.8, 4) is 17.9 Å². The van der Waals surface area contributed by atoms with Crippen molar-refractivity contribution in [1.29, 1.82) is 10.5 Å². The van der Waals surface area contributed by atoms with Gasteiger partial charge in [-0.1, -0.05) is 23.2 Å². The van der Waals surface area contributed by atoms with Crippen LogP contribution in [0.5, 0.6) is 5.75 Å². The number of carbonyl (C=O) groups is 2. The zero-order valence-electron chi connectivity index (χ0n) is 15.4. The first-order chi connectivity index (χ1) is 13.7. The SMILES string of the molecule is CCOC(=O)c1sc(CC(=O)/C(C#N)=C/c2cc(Cl)cc(Cl)c2O)c(C#N)c1C. The number of rotatable bonds is 6. The maximum Gasteiger partial charge on any atom is 0.348 e. The number of thiophene rings is 1. The van der Waals surface area contributed by atoms with Crippen LogP contribution in [0.3, 0.4) is 0 Å². The Morgan fingerprint density at radius 3 is 2.59 bits per heavy atom. The van der Waals surface area contributed by atoms with Gasteiger partial charge in [-0.3, -0.25) is 4.79 Å². The lowest BCUT2D eigenvalue weighted by molar-refractivity contribution is -0.114. The predicted molar refractivity (Wildman–Crippen MR) is 110 cm³/mol. The van der Waals surface area contributed by atoms with Gasteiger partial charge in [0.15, 0.2) is 5.78 Å². The van der Waals surface area contributed by atoms with E-state index >= 15 is 0 Å². The molecule has 0 amide bonds. The van der Waals surface area contributed by atoms with E-state index in [-0.39, 0.29) is 50.4 Å². The second kappa shape index (κ2) is 9.58. The molecule has 148 valence electrons. The molecule has 0 aliphatic heterocycles. The van der Waals surface area contributed by atoms with Crippen molar-refractivity contribution in [2.24, 2.45) is 0 Å². The van der Waals surface area contributed by atoms with Crippen LogP contribution in [-0.4, -0.2) is 23.5 Å². The Balaban J connectivity index is 2.41. The summed E-state index contributed by atoms with van der Waals surface area (Å²) in [5, 5.41) is 29.0. The fourth-order valence-corrected chi connectivity index (χ4v) is 4.16. The molecule has 9 heteroatoms. The minimum Gasteiger partial charge on any atom is -0.506 e. The second-order valence-corrected chi connectivity index (χ2v) is 7.73. The Labute approximate surface area is 181 Å². The quantitative estimate of drug-likeness (QED) is 0.384. The van der Waals surface area contributed by atoms with Crippen LogP contribution in [0, 0.1) is 29.6 Å². The van der Waals surface area contributed by atoms with E-state index in [1.807, 2.05) is 6.07 Å². The number of nitrogens with zero attached hydrogens (tertiary/aromatic N) is 2. The number of esters is 1. The number of carbonyl (C=O) groups excluding carboxylic acids is 2. The molecule has 0 unspecified atom stereocenters. The third-order valence-electron chi connectivity index (χ3n) is 3.89. The number of allylic oxidation sites excluding steroid dienone is 1. The summed E-state index contributed by atoms with van der Waals surface area (Å²) in [5.74, 6) is -1.47. The highest BCUT2D eigenvalue weighted by molar-refractivity contribution is 7.14. The first-order valence-electron chi connectivity index (χ1n) is 8.25. The molecule has 2 rings (SSSR count). The lowest BCUT2D eigenvalue weighted by Gasteiger charge is -2.04. The number of hydrogen-bond acceptors (Lipinski definition) is 7. The summed E-state index contributed by atoms with van der Waals surface area (Å²) in [6, 6.07) is 6.46. The van der Waals surface area contributed by atoms with Crippen LogP contribution in [0.2, 0.25) is 10.0 Å². The zero-order chi connectivity index (χ0) is 21.7. The van der Waals surface area contributed by atoms with Gasteiger partial charge in [-0.15, -0.1) is 11.3 Å². The fourth-order valence-electron chi connectivity index (χ4n) is 2.50. The van der Waals surface area contributed by atoms with Gasteiger partial charge >= 0.3 is 5.97 Å². The molecule has 0 saturated carbocycles. The number of benzene rings is 1. The minimum atomic E-state index is -0.587. The van der Waals surface area contributed by atoms with Crippen molar-refractivity contribution in [2.75, 3.05) is 6.61 Å². The molecule has 1 aromatic heterocycles. The number of ether oxygens (including phenoxy) is 1. The van der Waals surface area contributed by atoms with Gasteiger partial charge in [-0.25, -0.2) is 4.79 Å². The first kappa shape index (κ1) is 22.4. The van der Waals surface area contributed by atoms with Gasteiger partial charge in [0.2, 0.25) is 0 Å². The van der Waals surface area contributed by atoms with Gasteiger partial charge in [0.25, 0.3) is 0 Å². The van der Waals surface area contributed by atoms with E-state index in [4.69, 9.17) is 27.9 Å². The van der Waals surface area contributed by atoms with E-state index in [1.54, 1.807) is 19.9 Å². The van der Waals surface area contributed by atoms with E-state index in [9.17, 15) is 25.2 Å². The van der Waals surface area contributed by atoms with Gasteiger partial charge in [-0.2, -0.15) is 10.5 Å². The monoisotopic (exact) mass is 448 g/mol. The maximum absolute atomic E-state index is 12.7. The van der Waals surface area contributed by atoms with Gasteiger partial charge in [-0.05, 0) is 37.6 Å². The molecule has 1 heterocycles. The molecule has 0 spiro atoms. The summed E-state index contributed by atoms with van der Waals surface area (Å²) in [6.07, 6.45) is 0.913. The highest BCUT2D eigenvalue weighted by atomic mass is 35.5. The molecule has 0 aliphatic carbocycles. The van der Waals surface area contributed by atoms with E-state index in [0.29, 0.717) is 10.4 Å². The number of nitriles is 2. The smallest absolute Gasteiger partial charge is 0.348 e. The van der Waals surface area contributed by atoms with Crippen molar-refractivity contribution in [1.82, 2.24) is 0 Å². The van der Waals surface area contributed by atoms with Crippen LogP contribution in [-0.2, 0) is 16.0 Å². The summed E-state index contributed by atoms with van der Waals surface area (Å²) >= 11 is 12.7. The minimum absolute atomic E-state index is 0.0202. The average Bonchev–Trinajstić information content (AvgIpc) is 2.98. The molecule has 6 nitrogen and oxygen atoms in total.